The van der Waals surface area contributed by atoms with E-state index in [4.69, 9.17) is 5.11 Å². The number of hydrogen-bond donors (Lipinski definition) is 1. The molecular weight excluding hydrogens is 240 g/mol. The summed E-state index contributed by atoms with van der Waals surface area (Å²) in [6.45, 7) is 0. The van der Waals surface area contributed by atoms with Gasteiger partial charge in [-0.1, -0.05) is 24.3 Å². The van der Waals surface area contributed by atoms with Gasteiger partial charge in [-0.25, -0.2) is 13.6 Å². The lowest BCUT2D eigenvalue weighted by Crippen LogP contribution is -1.97. The number of halogens is 2. The van der Waals surface area contributed by atoms with Gasteiger partial charge >= 0.3 is 5.97 Å². The first-order chi connectivity index (χ1) is 8.58. The predicted octanol–water partition coefficient (Wildman–Crippen LogP) is 3.38. The van der Waals surface area contributed by atoms with Gasteiger partial charge in [0.2, 0.25) is 0 Å². The summed E-state index contributed by atoms with van der Waals surface area (Å²) in [5.74, 6) is -1.05. The van der Waals surface area contributed by atoms with E-state index in [-0.39, 0.29) is 11.1 Å². The van der Waals surface area contributed by atoms with E-state index in [1.165, 1.54) is 36.5 Å². The van der Waals surface area contributed by atoms with E-state index in [9.17, 15) is 13.6 Å². The van der Waals surface area contributed by atoms with E-state index in [0.717, 1.165) is 0 Å². The number of nitrogens with zero attached hydrogens (tertiary/aromatic N) is 1. The highest BCUT2D eigenvalue weighted by Crippen LogP contribution is 2.23. The quantitative estimate of drug-likeness (QED) is 0.907. The summed E-state index contributed by atoms with van der Waals surface area (Å²) in [6.07, 6.45) is -1.26. The van der Waals surface area contributed by atoms with Crippen molar-refractivity contribution in [2.24, 2.45) is 0 Å². The summed E-state index contributed by atoms with van der Waals surface area (Å²) in [4.78, 5) is 14.6. The van der Waals surface area contributed by atoms with Crippen LogP contribution in [0.15, 0.2) is 42.6 Å². The van der Waals surface area contributed by atoms with Gasteiger partial charge < -0.3 is 5.11 Å². The van der Waals surface area contributed by atoms with Crippen molar-refractivity contribution in [1.82, 2.24) is 4.98 Å². The van der Waals surface area contributed by atoms with Crippen molar-refractivity contribution in [3.63, 3.8) is 0 Å². The van der Waals surface area contributed by atoms with E-state index in [1.807, 2.05) is 0 Å². The number of aromatic nitrogens is 1. The Morgan fingerprint density at radius 3 is 2.22 bits per heavy atom. The zero-order valence-electron chi connectivity index (χ0n) is 9.18. The van der Waals surface area contributed by atoms with E-state index in [1.54, 1.807) is 6.07 Å². The second-order valence-electron chi connectivity index (χ2n) is 3.66. The maximum Gasteiger partial charge on any atom is 0.337 e. The van der Waals surface area contributed by atoms with Gasteiger partial charge in [0.15, 0.2) is 0 Å². The molecule has 3 nitrogen and oxygen atoms in total. The van der Waals surface area contributed by atoms with E-state index in [0.29, 0.717) is 11.3 Å². The molecule has 1 aromatic heterocycles. The van der Waals surface area contributed by atoms with Crippen molar-refractivity contribution in [3.8, 4) is 11.3 Å². The average Bonchev–Trinajstić information content (AvgIpc) is 2.39. The molecule has 1 N–H and O–H groups in total. The highest BCUT2D eigenvalue weighted by molar-refractivity contribution is 5.87. The van der Waals surface area contributed by atoms with Crippen molar-refractivity contribution < 1.29 is 18.7 Å². The highest BCUT2D eigenvalue weighted by atomic mass is 19.3. The van der Waals surface area contributed by atoms with Crippen LogP contribution < -0.4 is 0 Å². The van der Waals surface area contributed by atoms with Gasteiger partial charge in [-0.2, -0.15) is 0 Å². The van der Waals surface area contributed by atoms with Crippen LogP contribution in [0.4, 0.5) is 8.78 Å². The van der Waals surface area contributed by atoms with Crippen LogP contribution in [0, 0.1) is 0 Å². The van der Waals surface area contributed by atoms with Crippen molar-refractivity contribution in [3.05, 3.63) is 53.7 Å². The number of rotatable bonds is 3. The molecule has 0 aliphatic rings. The molecule has 2 aromatic rings. The van der Waals surface area contributed by atoms with Gasteiger partial charge in [-0.05, 0) is 12.1 Å². The number of carbonyl (C=O) groups is 1. The second-order valence-corrected chi connectivity index (χ2v) is 3.66. The zero-order valence-corrected chi connectivity index (χ0v) is 9.18. The molecule has 5 heteroatoms. The zero-order chi connectivity index (χ0) is 13.1. The first-order valence-electron chi connectivity index (χ1n) is 5.16. The smallest absolute Gasteiger partial charge is 0.337 e. The summed E-state index contributed by atoms with van der Waals surface area (Å²) < 4.78 is 24.7. The summed E-state index contributed by atoms with van der Waals surface area (Å²) >= 11 is 0. The Kier molecular flexibility index (Phi) is 3.32. The van der Waals surface area contributed by atoms with Crippen LogP contribution in [0.3, 0.4) is 0 Å². The molecule has 0 unspecified atom stereocenters. The van der Waals surface area contributed by atoms with Crippen LogP contribution in [0.1, 0.15) is 22.3 Å². The molecule has 0 aliphatic carbocycles. The summed E-state index contributed by atoms with van der Waals surface area (Å²) in [5, 5.41) is 8.72. The van der Waals surface area contributed by atoms with Crippen LogP contribution in [-0.2, 0) is 0 Å². The van der Waals surface area contributed by atoms with Gasteiger partial charge in [-0.15, -0.1) is 0 Å². The molecule has 1 heterocycles. The molecule has 0 radical (unpaired) electrons. The number of alkyl halides is 2. The monoisotopic (exact) mass is 249 g/mol. The van der Waals surface area contributed by atoms with E-state index in [2.05, 4.69) is 4.98 Å². The SMILES string of the molecule is O=C(O)c1ccc(-c2ccc(C(F)F)cc2)nc1. The number of aromatic carboxylic acids is 1. The fraction of sp³-hybridized carbons (Fsp3) is 0.0769. The van der Waals surface area contributed by atoms with Crippen molar-refractivity contribution >= 4 is 5.97 Å². The van der Waals surface area contributed by atoms with Crippen molar-refractivity contribution in [2.45, 2.75) is 6.43 Å². The molecule has 0 saturated carbocycles. The summed E-state index contributed by atoms with van der Waals surface area (Å²) in [7, 11) is 0. The normalized spacial score (nSPS) is 10.6. The van der Waals surface area contributed by atoms with Crippen LogP contribution in [0.25, 0.3) is 11.3 Å². The average molecular weight is 249 g/mol. The van der Waals surface area contributed by atoms with Gasteiger partial charge in [0.1, 0.15) is 0 Å². The minimum absolute atomic E-state index is 0.0547. The van der Waals surface area contributed by atoms with Crippen molar-refractivity contribution in [2.75, 3.05) is 0 Å². The molecule has 0 amide bonds. The number of benzene rings is 1. The van der Waals surface area contributed by atoms with Gasteiger partial charge in [0.25, 0.3) is 6.43 Å². The summed E-state index contributed by atoms with van der Waals surface area (Å²) in [5.41, 5.74) is 1.24. The standard InChI is InChI=1S/C13H9F2NO2/c14-12(15)9-3-1-8(2-4-9)11-6-5-10(7-16-11)13(17)18/h1-7,12H,(H,17,18). The van der Waals surface area contributed by atoms with Crippen LogP contribution in [-0.4, -0.2) is 16.1 Å². The van der Waals surface area contributed by atoms with E-state index >= 15 is 0 Å². The Labute approximate surface area is 102 Å². The molecule has 0 aliphatic heterocycles. The minimum Gasteiger partial charge on any atom is -0.478 e. The van der Waals surface area contributed by atoms with Crippen LogP contribution in [0.2, 0.25) is 0 Å². The second kappa shape index (κ2) is 4.91. The third-order valence-corrected chi connectivity index (χ3v) is 2.47. The summed E-state index contributed by atoms with van der Waals surface area (Å²) in [6, 6.07) is 8.68. The number of carboxylic acid groups (broad SMARTS) is 1. The lowest BCUT2D eigenvalue weighted by molar-refractivity contribution is 0.0696. The maximum absolute atomic E-state index is 12.4. The molecule has 1 aromatic carbocycles. The van der Waals surface area contributed by atoms with Gasteiger partial charge in [-0.3, -0.25) is 4.98 Å². The number of carboxylic acids is 1. The predicted molar refractivity (Wildman–Crippen MR) is 61.6 cm³/mol. The Morgan fingerprint density at radius 1 is 1.11 bits per heavy atom. The first kappa shape index (κ1) is 12.2. The van der Waals surface area contributed by atoms with Crippen molar-refractivity contribution in [1.29, 1.82) is 0 Å². The molecule has 0 atom stereocenters. The number of hydrogen-bond acceptors (Lipinski definition) is 2. The Hall–Kier alpha value is -2.30. The van der Waals surface area contributed by atoms with Crippen LogP contribution >= 0.6 is 0 Å². The van der Waals surface area contributed by atoms with Gasteiger partial charge in [0.05, 0.1) is 11.3 Å². The minimum atomic E-state index is -2.50. The third kappa shape index (κ3) is 2.51. The molecule has 0 spiro atoms. The lowest BCUT2D eigenvalue weighted by Gasteiger charge is -2.03. The fourth-order valence-electron chi connectivity index (χ4n) is 1.49. The Bertz CT molecular complexity index is 550. The molecule has 0 saturated heterocycles. The fourth-order valence-corrected chi connectivity index (χ4v) is 1.49. The molecule has 18 heavy (non-hydrogen) atoms. The Morgan fingerprint density at radius 2 is 1.78 bits per heavy atom. The molecule has 0 fully saturated rings. The third-order valence-electron chi connectivity index (χ3n) is 2.47. The molecule has 92 valence electrons. The molecular formula is C13H9F2NO2. The largest absolute Gasteiger partial charge is 0.478 e. The molecule has 0 bridgehead atoms. The van der Waals surface area contributed by atoms with Gasteiger partial charge in [0, 0.05) is 17.3 Å². The lowest BCUT2D eigenvalue weighted by atomic mass is 10.1. The number of pyridine rings is 1. The maximum atomic E-state index is 12.4. The first-order valence-corrected chi connectivity index (χ1v) is 5.16. The molecule has 2 rings (SSSR count). The van der Waals surface area contributed by atoms with Crippen LogP contribution in [0.5, 0.6) is 0 Å². The topological polar surface area (TPSA) is 50.2 Å². The van der Waals surface area contributed by atoms with E-state index < -0.39 is 12.4 Å². The Balaban J connectivity index is 2.28. The highest BCUT2D eigenvalue weighted by Gasteiger charge is 2.08.